The van der Waals surface area contributed by atoms with Gasteiger partial charge in [0.05, 0.1) is 0 Å². The first-order valence-corrected chi connectivity index (χ1v) is 9.44. The molecule has 0 aliphatic heterocycles. The molecule has 0 aromatic carbocycles. The number of nitrogens with one attached hydrogen (secondary N) is 1. The van der Waals surface area contributed by atoms with Gasteiger partial charge in [0.25, 0.3) is 0 Å². The van der Waals surface area contributed by atoms with Crippen molar-refractivity contribution in [1.82, 2.24) is 5.32 Å². The number of aryl methyl sites for hydroxylation is 1. The van der Waals surface area contributed by atoms with E-state index < -0.39 is 0 Å². The Morgan fingerprint density at radius 2 is 2.00 bits per heavy atom. The summed E-state index contributed by atoms with van der Waals surface area (Å²) in [6, 6.07) is 2.43. The minimum absolute atomic E-state index is 0.226. The fourth-order valence-corrected chi connectivity index (χ4v) is 4.39. The van der Waals surface area contributed by atoms with Crippen molar-refractivity contribution in [2.75, 3.05) is 6.54 Å². The Labute approximate surface area is 135 Å². The smallest absolute Gasteiger partial charge is 0.00966 e. The van der Waals surface area contributed by atoms with Crippen LogP contribution in [0, 0.1) is 24.7 Å². The predicted octanol–water partition coefficient (Wildman–Crippen LogP) is 5.60. The van der Waals surface area contributed by atoms with Crippen molar-refractivity contribution in [1.29, 1.82) is 0 Å². The van der Waals surface area contributed by atoms with Gasteiger partial charge in [-0.05, 0) is 94.2 Å². The lowest BCUT2D eigenvalue weighted by atomic mass is 9.68. The van der Waals surface area contributed by atoms with Crippen LogP contribution in [0.1, 0.15) is 70.2 Å². The maximum Gasteiger partial charge on any atom is 0.00966 e. The number of hydrogen-bond acceptors (Lipinski definition) is 2. The quantitative estimate of drug-likeness (QED) is 0.763. The number of rotatable bonds is 4. The molecule has 21 heavy (non-hydrogen) atoms. The summed E-state index contributed by atoms with van der Waals surface area (Å²) in [5, 5.41) is 6.16. The van der Waals surface area contributed by atoms with Crippen molar-refractivity contribution in [2.45, 2.75) is 72.3 Å². The molecule has 1 fully saturated rings. The fourth-order valence-electron chi connectivity index (χ4n) is 3.62. The van der Waals surface area contributed by atoms with E-state index in [0.717, 1.165) is 30.2 Å². The van der Waals surface area contributed by atoms with Crippen molar-refractivity contribution in [3.8, 4) is 0 Å². The Morgan fingerprint density at radius 1 is 1.29 bits per heavy atom. The Hall–Kier alpha value is -0.340. The molecule has 1 aliphatic rings. The van der Waals surface area contributed by atoms with E-state index in [1.807, 2.05) is 11.3 Å². The van der Waals surface area contributed by atoms with E-state index in [4.69, 9.17) is 0 Å². The van der Waals surface area contributed by atoms with Gasteiger partial charge < -0.3 is 5.32 Å². The highest BCUT2D eigenvalue weighted by Gasteiger charge is 2.33. The highest BCUT2D eigenvalue weighted by molar-refractivity contribution is 7.10. The maximum atomic E-state index is 3.75. The van der Waals surface area contributed by atoms with E-state index >= 15 is 0 Å². The Balaban J connectivity index is 2.10. The molecule has 1 aromatic heterocycles. The topological polar surface area (TPSA) is 12.0 Å². The minimum Gasteiger partial charge on any atom is -0.312 e. The second kappa shape index (κ2) is 6.83. The summed E-state index contributed by atoms with van der Waals surface area (Å²) in [7, 11) is 0. The molecule has 1 N–H and O–H groups in total. The molecule has 120 valence electrons. The Kier molecular flexibility index (Phi) is 5.54. The van der Waals surface area contributed by atoms with Crippen LogP contribution in [0.15, 0.2) is 11.4 Å². The zero-order chi connectivity index (χ0) is 15.6. The molecule has 0 spiro atoms. The van der Waals surface area contributed by atoms with E-state index in [1.54, 1.807) is 5.56 Å². The van der Waals surface area contributed by atoms with Gasteiger partial charge in [0.2, 0.25) is 0 Å². The van der Waals surface area contributed by atoms with Crippen molar-refractivity contribution in [2.24, 2.45) is 17.8 Å². The van der Waals surface area contributed by atoms with E-state index in [0.29, 0.717) is 0 Å². The molecular weight excluding hydrogens is 274 g/mol. The molecule has 1 nitrogen and oxygen atoms in total. The van der Waals surface area contributed by atoms with Gasteiger partial charge in [-0.2, -0.15) is 0 Å². The lowest BCUT2D eigenvalue weighted by molar-refractivity contribution is 0.183. The van der Waals surface area contributed by atoms with Crippen molar-refractivity contribution in [3.63, 3.8) is 0 Å². The molecule has 1 aromatic rings. The average molecular weight is 308 g/mol. The summed E-state index contributed by atoms with van der Waals surface area (Å²) in [6.07, 6.45) is 4.17. The molecule has 0 amide bonds. The van der Waals surface area contributed by atoms with E-state index in [-0.39, 0.29) is 5.54 Å². The van der Waals surface area contributed by atoms with Gasteiger partial charge in [-0.15, -0.1) is 11.3 Å². The van der Waals surface area contributed by atoms with Crippen LogP contribution in [-0.4, -0.2) is 12.1 Å². The first-order valence-electron chi connectivity index (χ1n) is 8.56. The van der Waals surface area contributed by atoms with Crippen LogP contribution in [0.5, 0.6) is 0 Å². The zero-order valence-corrected chi connectivity index (χ0v) is 15.5. The molecule has 0 saturated heterocycles. The van der Waals surface area contributed by atoms with Crippen LogP contribution in [0.2, 0.25) is 0 Å². The SMILES string of the molecule is Cc1cc(C2CC(C(C)C)CCC2CNC(C)(C)C)cs1. The van der Waals surface area contributed by atoms with E-state index in [9.17, 15) is 0 Å². The highest BCUT2D eigenvalue weighted by Crippen LogP contribution is 2.44. The van der Waals surface area contributed by atoms with Crippen LogP contribution < -0.4 is 5.32 Å². The van der Waals surface area contributed by atoms with Crippen molar-refractivity contribution >= 4 is 11.3 Å². The van der Waals surface area contributed by atoms with Gasteiger partial charge in [0.15, 0.2) is 0 Å². The van der Waals surface area contributed by atoms with Gasteiger partial charge in [-0.1, -0.05) is 13.8 Å². The highest BCUT2D eigenvalue weighted by atomic mass is 32.1. The summed E-state index contributed by atoms with van der Waals surface area (Å²) >= 11 is 1.91. The van der Waals surface area contributed by atoms with Crippen LogP contribution in [0.25, 0.3) is 0 Å². The third kappa shape index (κ3) is 4.82. The lowest BCUT2D eigenvalue weighted by Crippen LogP contribution is -2.42. The van der Waals surface area contributed by atoms with Gasteiger partial charge in [0, 0.05) is 10.4 Å². The number of thiophene rings is 1. The third-order valence-electron chi connectivity index (χ3n) is 5.05. The number of hydrogen-bond donors (Lipinski definition) is 1. The van der Waals surface area contributed by atoms with Gasteiger partial charge in [-0.3, -0.25) is 0 Å². The van der Waals surface area contributed by atoms with Gasteiger partial charge in [0.1, 0.15) is 0 Å². The van der Waals surface area contributed by atoms with Crippen LogP contribution >= 0.6 is 11.3 Å². The second-order valence-electron chi connectivity index (χ2n) is 8.31. The Bertz CT molecular complexity index is 441. The zero-order valence-electron chi connectivity index (χ0n) is 14.7. The van der Waals surface area contributed by atoms with Crippen LogP contribution in [-0.2, 0) is 0 Å². The molecular formula is C19H33NS. The molecule has 3 unspecified atom stereocenters. The third-order valence-corrected chi connectivity index (χ3v) is 5.93. The molecule has 0 bridgehead atoms. The van der Waals surface area contributed by atoms with Crippen LogP contribution in [0.3, 0.4) is 0 Å². The van der Waals surface area contributed by atoms with Crippen molar-refractivity contribution < 1.29 is 0 Å². The summed E-state index contributed by atoms with van der Waals surface area (Å²) in [4.78, 5) is 1.46. The monoisotopic (exact) mass is 307 g/mol. The first-order chi connectivity index (χ1) is 9.76. The predicted molar refractivity (Wildman–Crippen MR) is 95.2 cm³/mol. The fraction of sp³-hybridized carbons (Fsp3) is 0.789. The largest absolute Gasteiger partial charge is 0.312 e. The molecule has 2 rings (SSSR count). The van der Waals surface area contributed by atoms with Gasteiger partial charge >= 0.3 is 0 Å². The summed E-state index contributed by atoms with van der Waals surface area (Å²) in [6.45, 7) is 15.0. The molecule has 1 saturated carbocycles. The summed E-state index contributed by atoms with van der Waals surface area (Å²) in [5.41, 5.74) is 1.83. The van der Waals surface area contributed by atoms with E-state index in [1.165, 1.54) is 24.1 Å². The minimum atomic E-state index is 0.226. The molecule has 0 radical (unpaired) electrons. The standard InChI is InChI=1S/C19H33NS/c1-13(2)15-7-8-16(11-20-19(4,5)6)18(10-15)17-9-14(3)21-12-17/h9,12-13,15-16,18,20H,7-8,10-11H2,1-6H3. The van der Waals surface area contributed by atoms with Gasteiger partial charge in [-0.25, -0.2) is 0 Å². The average Bonchev–Trinajstić information content (AvgIpc) is 2.81. The first kappa shape index (κ1) is 17.0. The lowest BCUT2D eigenvalue weighted by Gasteiger charge is -2.39. The van der Waals surface area contributed by atoms with Crippen LogP contribution in [0.4, 0.5) is 0 Å². The molecule has 1 heterocycles. The van der Waals surface area contributed by atoms with Crippen molar-refractivity contribution in [3.05, 3.63) is 21.9 Å². The molecule has 2 heteroatoms. The molecule has 3 atom stereocenters. The summed E-state index contributed by atoms with van der Waals surface area (Å²) in [5.74, 6) is 3.28. The summed E-state index contributed by atoms with van der Waals surface area (Å²) < 4.78 is 0. The second-order valence-corrected chi connectivity index (χ2v) is 9.42. The Morgan fingerprint density at radius 3 is 2.52 bits per heavy atom. The van der Waals surface area contributed by atoms with E-state index in [2.05, 4.69) is 58.3 Å². The maximum absolute atomic E-state index is 3.75. The molecule has 1 aliphatic carbocycles. The normalized spacial score (nSPS) is 27.3.